The second kappa shape index (κ2) is 10.6. The van der Waals surface area contributed by atoms with Gasteiger partial charge < -0.3 is 25.0 Å². The highest BCUT2D eigenvalue weighted by Crippen LogP contribution is 2.29. The lowest BCUT2D eigenvalue weighted by molar-refractivity contribution is 0.237. The van der Waals surface area contributed by atoms with Gasteiger partial charge in [0.15, 0.2) is 0 Å². The molecule has 0 saturated heterocycles. The fraction of sp³-hybridized carbons (Fsp3) is 0.350. The molecule has 154 valence electrons. The molecule has 0 fully saturated rings. The highest BCUT2D eigenvalue weighted by molar-refractivity contribution is 5.85. The number of carbonyl (C=O) groups excluding carboxylic acids is 1. The van der Waals surface area contributed by atoms with Gasteiger partial charge in [-0.2, -0.15) is 0 Å². The molecule has 2 amide bonds. The first kappa shape index (κ1) is 23.4. The van der Waals surface area contributed by atoms with Crippen LogP contribution in [-0.2, 0) is 6.54 Å². The number of nitrogens with zero attached hydrogens (tertiary/aromatic N) is 1. The zero-order valence-corrected chi connectivity index (χ0v) is 17.5. The van der Waals surface area contributed by atoms with Crippen LogP contribution >= 0.6 is 12.4 Å². The van der Waals surface area contributed by atoms with E-state index in [1.54, 1.807) is 57.5 Å². The summed E-state index contributed by atoms with van der Waals surface area (Å²) in [6.07, 6.45) is 0. The lowest BCUT2D eigenvalue weighted by Gasteiger charge is -2.19. The van der Waals surface area contributed by atoms with E-state index in [2.05, 4.69) is 10.6 Å². The molecule has 28 heavy (non-hydrogen) atoms. The minimum atomic E-state index is -0.357. The molecule has 0 radical (unpaired) electrons. The van der Waals surface area contributed by atoms with E-state index in [1.165, 1.54) is 6.07 Å². The lowest BCUT2D eigenvalue weighted by atomic mass is 10.1. The van der Waals surface area contributed by atoms with Crippen molar-refractivity contribution in [3.63, 3.8) is 0 Å². The van der Waals surface area contributed by atoms with Gasteiger partial charge in [0.1, 0.15) is 17.3 Å². The highest BCUT2D eigenvalue weighted by atomic mass is 35.5. The summed E-state index contributed by atoms with van der Waals surface area (Å²) >= 11 is 0. The van der Waals surface area contributed by atoms with Crippen LogP contribution in [0.5, 0.6) is 11.5 Å². The highest BCUT2D eigenvalue weighted by Gasteiger charge is 2.15. The van der Waals surface area contributed by atoms with Crippen molar-refractivity contribution in [2.75, 3.05) is 33.2 Å². The van der Waals surface area contributed by atoms with E-state index in [0.717, 1.165) is 5.56 Å². The Labute approximate surface area is 171 Å². The number of nitrogens with one attached hydrogen (secondary N) is 2. The fourth-order valence-electron chi connectivity index (χ4n) is 2.71. The molecule has 0 saturated carbocycles. The number of hydrogen-bond acceptors (Lipinski definition) is 4. The van der Waals surface area contributed by atoms with E-state index in [4.69, 9.17) is 9.47 Å². The molecule has 6 nitrogen and oxygen atoms in total. The number of halogens is 2. The molecular weight excluding hydrogens is 385 g/mol. The largest absolute Gasteiger partial charge is 0.497 e. The Bertz CT molecular complexity index is 802. The summed E-state index contributed by atoms with van der Waals surface area (Å²) in [7, 11) is 6.71. The van der Waals surface area contributed by atoms with Crippen LogP contribution in [0.4, 0.5) is 14.9 Å². The Morgan fingerprint density at radius 1 is 1.14 bits per heavy atom. The number of benzene rings is 2. The molecule has 2 aromatic rings. The van der Waals surface area contributed by atoms with Gasteiger partial charge in [0, 0.05) is 26.2 Å². The summed E-state index contributed by atoms with van der Waals surface area (Å²) in [6, 6.07) is 9.64. The van der Waals surface area contributed by atoms with Crippen LogP contribution in [0.25, 0.3) is 0 Å². The van der Waals surface area contributed by atoms with Gasteiger partial charge in [0.05, 0.1) is 25.9 Å². The number of carbonyl (C=O) groups is 1. The maximum absolute atomic E-state index is 14.0. The van der Waals surface area contributed by atoms with Crippen LogP contribution in [0.2, 0.25) is 0 Å². The van der Waals surface area contributed by atoms with Gasteiger partial charge in [-0.15, -0.1) is 12.4 Å². The minimum absolute atomic E-state index is 0. The Hall–Kier alpha value is -2.67. The van der Waals surface area contributed by atoms with E-state index in [1.807, 2.05) is 13.0 Å². The standard InChI is InChI=1S/C20H26FN3O3.ClH/c1-13(16-11-15(26-4)7-9-19(16)27-5)23-20(25)22-12-14-6-8-18(24(2)3)17(21)10-14;/h6-11,13H,12H2,1-5H3,(H2,22,23,25);1H. The quantitative estimate of drug-likeness (QED) is 0.725. The lowest BCUT2D eigenvalue weighted by Crippen LogP contribution is -2.36. The van der Waals surface area contributed by atoms with Crippen molar-refractivity contribution < 1.29 is 18.7 Å². The van der Waals surface area contributed by atoms with Gasteiger partial charge in [0.25, 0.3) is 0 Å². The second-order valence-electron chi connectivity index (χ2n) is 6.34. The first-order chi connectivity index (χ1) is 12.8. The van der Waals surface area contributed by atoms with E-state index in [9.17, 15) is 9.18 Å². The molecule has 8 heteroatoms. The Balaban J connectivity index is 0.00000392. The zero-order valence-electron chi connectivity index (χ0n) is 16.7. The van der Waals surface area contributed by atoms with E-state index >= 15 is 0 Å². The molecule has 1 atom stereocenters. The van der Waals surface area contributed by atoms with Crippen LogP contribution < -0.4 is 25.0 Å². The normalized spacial score (nSPS) is 11.1. The molecule has 0 aliphatic carbocycles. The van der Waals surface area contributed by atoms with Gasteiger partial charge in [-0.25, -0.2) is 9.18 Å². The van der Waals surface area contributed by atoms with Crippen LogP contribution in [0, 0.1) is 5.82 Å². The number of anilines is 1. The van der Waals surface area contributed by atoms with Crippen LogP contribution in [-0.4, -0.2) is 34.3 Å². The number of amides is 2. The molecule has 1 unspecified atom stereocenters. The Morgan fingerprint density at radius 2 is 1.86 bits per heavy atom. The summed E-state index contributed by atoms with van der Waals surface area (Å²) in [4.78, 5) is 13.9. The summed E-state index contributed by atoms with van der Waals surface area (Å²) < 4.78 is 24.6. The van der Waals surface area contributed by atoms with Crippen LogP contribution in [0.3, 0.4) is 0 Å². The molecular formula is C20H27ClFN3O3. The van der Waals surface area contributed by atoms with E-state index in [-0.39, 0.29) is 36.8 Å². The molecule has 2 rings (SSSR count). The molecule has 0 aromatic heterocycles. The van der Waals surface area contributed by atoms with Crippen molar-refractivity contribution in [2.24, 2.45) is 0 Å². The van der Waals surface area contributed by atoms with Gasteiger partial charge in [-0.05, 0) is 42.8 Å². The third-order valence-corrected chi connectivity index (χ3v) is 4.20. The summed E-state index contributed by atoms with van der Waals surface area (Å²) in [5, 5.41) is 5.59. The van der Waals surface area contributed by atoms with Crippen molar-refractivity contribution in [2.45, 2.75) is 19.5 Å². The Morgan fingerprint density at radius 3 is 2.43 bits per heavy atom. The molecule has 0 spiro atoms. The second-order valence-corrected chi connectivity index (χ2v) is 6.34. The monoisotopic (exact) mass is 411 g/mol. The van der Waals surface area contributed by atoms with Gasteiger partial charge >= 0.3 is 6.03 Å². The van der Waals surface area contributed by atoms with Crippen molar-refractivity contribution >= 4 is 24.1 Å². The first-order valence-electron chi connectivity index (χ1n) is 8.57. The molecule has 2 aromatic carbocycles. The van der Waals surface area contributed by atoms with Crippen molar-refractivity contribution in [1.82, 2.24) is 10.6 Å². The number of urea groups is 1. The smallest absolute Gasteiger partial charge is 0.315 e. The predicted octanol–water partition coefficient (Wildman–Crippen LogP) is 3.89. The van der Waals surface area contributed by atoms with Crippen LogP contribution in [0.1, 0.15) is 24.1 Å². The van der Waals surface area contributed by atoms with E-state index in [0.29, 0.717) is 22.7 Å². The topological polar surface area (TPSA) is 62.8 Å². The molecule has 0 bridgehead atoms. The van der Waals surface area contributed by atoms with Gasteiger partial charge in [0.2, 0.25) is 0 Å². The number of methoxy groups -OCH3 is 2. The maximum Gasteiger partial charge on any atom is 0.315 e. The number of rotatable bonds is 7. The van der Waals surface area contributed by atoms with Crippen molar-refractivity contribution in [3.05, 3.63) is 53.3 Å². The maximum atomic E-state index is 14.0. The van der Waals surface area contributed by atoms with Gasteiger partial charge in [-0.1, -0.05) is 6.07 Å². The van der Waals surface area contributed by atoms with Crippen molar-refractivity contribution in [3.8, 4) is 11.5 Å². The summed E-state index contributed by atoms with van der Waals surface area (Å²) in [6.45, 7) is 2.07. The average Bonchev–Trinajstić information content (AvgIpc) is 2.65. The molecule has 0 heterocycles. The fourth-order valence-corrected chi connectivity index (χ4v) is 2.71. The van der Waals surface area contributed by atoms with Crippen LogP contribution in [0.15, 0.2) is 36.4 Å². The predicted molar refractivity (Wildman–Crippen MR) is 111 cm³/mol. The van der Waals surface area contributed by atoms with Crippen molar-refractivity contribution in [1.29, 1.82) is 0 Å². The molecule has 0 aliphatic rings. The minimum Gasteiger partial charge on any atom is -0.497 e. The van der Waals surface area contributed by atoms with Gasteiger partial charge in [-0.3, -0.25) is 0 Å². The average molecular weight is 412 g/mol. The summed E-state index contributed by atoms with van der Waals surface area (Å²) in [5.41, 5.74) is 1.98. The third kappa shape index (κ3) is 5.92. The number of ether oxygens (including phenoxy) is 2. The number of hydrogen-bond donors (Lipinski definition) is 2. The first-order valence-corrected chi connectivity index (χ1v) is 8.57. The SMILES string of the molecule is COc1ccc(OC)c(C(C)NC(=O)NCc2ccc(N(C)C)c(F)c2)c1.Cl. The molecule has 0 aliphatic heterocycles. The summed E-state index contributed by atoms with van der Waals surface area (Å²) in [5.74, 6) is 1.01. The molecule has 2 N–H and O–H groups in total. The van der Waals surface area contributed by atoms with E-state index < -0.39 is 0 Å². The Kier molecular flexibility index (Phi) is 8.85. The zero-order chi connectivity index (χ0) is 20.0. The third-order valence-electron chi connectivity index (χ3n) is 4.20.